The van der Waals surface area contributed by atoms with E-state index in [0.717, 1.165) is 24.5 Å². The highest BCUT2D eigenvalue weighted by atomic mass is 19.4. The average molecular weight is 511 g/mol. The summed E-state index contributed by atoms with van der Waals surface area (Å²) in [7, 11) is 1.45. The first kappa shape index (κ1) is 25.2. The van der Waals surface area contributed by atoms with Gasteiger partial charge in [0.15, 0.2) is 11.6 Å². The van der Waals surface area contributed by atoms with Crippen LogP contribution in [0, 0.1) is 5.82 Å². The Bertz CT molecular complexity index is 1460. The molecular formula is C25H17F4N5O3. The second-order valence-electron chi connectivity index (χ2n) is 7.52. The van der Waals surface area contributed by atoms with E-state index >= 15 is 0 Å². The lowest BCUT2D eigenvalue weighted by Crippen LogP contribution is -2.18. The van der Waals surface area contributed by atoms with Crippen LogP contribution in [0.4, 0.5) is 23.2 Å². The second kappa shape index (κ2) is 10.4. The molecule has 0 aliphatic carbocycles. The molecule has 8 nitrogen and oxygen atoms in total. The number of pyridine rings is 1. The third kappa shape index (κ3) is 6.04. The van der Waals surface area contributed by atoms with E-state index in [4.69, 9.17) is 4.74 Å². The molecule has 37 heavy (non-hydrogen) atoms. The van der Waals surface area contributed by atoms with Crippen LogP contribution in [-0.2, 0) is 6.18 Å². The number of ether oxygens (including phenoxy) is 1. The van der Waals surface area contributed by atoms with Gasteiger partial charge in [-0.05, 0) is 36.4 Å². The molecule has 0 fully saturated rings. The second-order valence-corrected chi connectivity index (χ2v) is 7.52. The molecule has 2 aromatic heterocycles. The SMILES string of the molecule is CNC(=O)c1cc(Oc2ccc(NC(=O)c3cc(-c4ccc(C(F)(F)F)cc4)ncn3)cc2F)ccn1. The van der Waals surface area contributed by atoms with Gasteiger partial charge < -0.3 is 15.4 Å². The van der Waals surface area contributed by atoms with Gasteiger partial charge >= 0.3 is 6.18 Å². The molecule has 0 saturated carbocycles. The Hall–Kier alpha value is -4.87. The minimum Gasteiger partial charge on any atom is -0.454 e. The van der Waals surface area contributed by atoms with Crippen molar-refractivity contribution in [3.63, 3.8) is 0 Å². The van der Waals surface area contributed by atoms with E-state index in [-0.39, 0.29) is 34.3 Å². The minimum absolute atomic E-state index is 0.0795. The Balaban J connectivity index is 1.47. The minimum atomic E-state index is -4.47. The van der Waals surface area contributed by atoms with Crippen LogP contribution in [0.2, 0.25) is 0 Å². The van der Waals surface area contributed by atoms with Crippen LogP contribution in [0.3, 0.4) is 0 Å². The number of anilines is 1. The van der Waals surface area contributed by atoms with Gasteiger partial charge in [0.1, 0.15) is 23.5 Å². The molecule has 0 aliphatic rings. The third-order valence-corrected chi connectivity index (χ3v) is 5.02. The summed E-state index contributed by atoms with van der Waals surface area (Å²) in [5.74, 6) is -1.88. The average Bonchev–Trinajstić information content (AvgIpc) is 2.89. The third-order valence-electron chi connectivity index (χ3n) is 5.02. The van der Waals surface area contributed by atoms with Crippen molar-refractivity contribution in [3.05, 3.63) is 96.0 Å². The molecule has 4 rings (SSSR count). The zero-order valence-electron chi connectivity index (χ0n) is 19.0. The summed E-state index contributed by atoms with van der Waals surface area (Å²) in [6.45, 7) is 0. The van der Waals surface area contributed by atoms with Crippen LogP contribution in [0.1, 0.15) is 26.5 Å². The summed E-state index contributed by atoms with van der Waals surface area (Å²) in [5.41, 5.74) is -0.113. The van der Waals surface area contributed by atoms with Crippen LogP contribution in [0.15, 0.2) is 73.2 Å². The molecule has 2 N–H and O–H groups in total. The largest absolute Gasteiger partial charge is 0.454 e. The number of benzene rings is 2. The standard InChI is InChI=1S/C25H17F4N5O3/c1-30-23(35)20-11-17(8-9-31-20)37-22-7-6-16(10-18(22)26)34-24(36)21-12-19(32-13-33-21)14-2-4-15(5-3-14)25(27,28)29/h2-13H,1H3,(H,30,35)(H,34,36). The zero-order valence-corrected chi connectivity index (χ0v) is 19.0. The number of nitrogens with zero attached hydrogens (tertiary/aromatic N) is 3. The molecule has 2 heterocycles. The molecule has 0 bridgehead atoms. The Morgan fingerprint density at radius 3 is 2.27 bits per heavy atom. The van der Waals surface area contributed by atoms with E-state index in [2.05, 4.69) is 25.6 Å². The van der Waals surface area contributed by atoms with Gasteiger partial charge in [-0.15, -0.1) is 0 Å². The quantitative estimate of drug-likeness (QED) is 0.349. The zero-order chi connectivity index (χ0) is 26.6. The summed E-state index contributed by atoms with van der Waals surface area (Å²) in [4.78, 5) is 36.1. The van der Waals surface area contributed by atoms with E-state index in [9.17, 15) is 27.2 Å². The van der Waals surface area contributed by atoms with Crippen molar-refractivity contribution in [1.29, 1.82) is 0 Å². The van der Waals surface area contributed by atoms with Crippen LogP contribution < -0.4 is 15.4 Å². The van der Waals surface area contributed by atoms with Crippen molar-refractivity contribution < 1.29 is 31.9 Å². The lowest BCUT2D eigenvalue weighted by atomic mass is 10.1. The number of carbonyl (C=O) groups is 2. The Morgan fingerprint density at radius 1 is 0.865 bits per heavy atom. The molecule has 4 aromatic rings. The molecular weight excluding hydrogens is 494 g/mol. The Kier molecular flexibility index (Phi) is 7.09. The topological polar surface area (TPSA) is 106 Å². The first-order chi connectivity index (χ1) is 17.6. The molecule has 2 amide bonds. The summed E-state index contributed by atoms with van der Waals surface area (Å²) in [6.07, 6.45) is -2.04. The first-order valence-electron chi connectivity index (χ1n) is 10.6. The maximum atomic E-state index is 14.6. The van der Waals surface area contributed by atoms with Crippen LogP contribution in [0.5, 0.6) is 11.5 Å². The van der Waals surface area contributed by atoms with Gasteiger partial charge in [0, 0.05) is 36.6 Å². The number of hydrogen-bond acceptors (Lipinski definition) is 6. The van der Waals surface area contributed by atoms with E-state index in [1.165, 1.54) is 55.7 Å². The van der Waals surface area contributed by atoms with Gasteiger partial charge in [0.25, 0.3) is 11.8 Å². The number of halogens is 4. The van der Waals surface area contributed by atoms with Crippen LogP contribution in [-0.4, -0.2) is 33.8 Å². The van der Waals surface area contributed by atoms with Crippen molar-refractivity contribution in [2.45, 2.75) is 6.18 Å². The monoisotopic (exact) mass is 511 g/mol. The van der Waals surface area contributed by atoms with Gasteiger partial charge in [-0.2, -0.15) is 13.2 Å². The predicted octanol–water partition coefficient (Wildman–Crippen LogP) is 5.10. The van der Waals surface area contributed by atoms with Gasteiger partial charge in [-0.1, -0.05) is 12.1 Å². The first-order valence-corrected chi connectivity index (χ1v) is 10.6. The van der Waals surface area contributed by atoms with Crippen molar-refractivity contribution in [2.75, 3.05) is 12.4 Å². The molecule has 0 radical (unpaired) electrons. The highest BCUT2D eigenvalue weighted by Gasteiger charge is 2.30. The maximum Gasteiger partial charge on any atom is 0.416 e. The van der Waals surface area contributed by atoms with Gasteiger partial charge in [0.05, 0.1) is 11.3 Å². The van der Waals surface area contributed by atoms with Gasteiger partial charge in [-0.3, -0.25) is 14.6 Å². The fourth-order valence-electron chi connectivity index (χ4n) is 3.18. The Morgan fingerprint density at radius 2 is 1.59 bits per heavy atom. The number of hydrogen-bond donors (Lipinski definition) is 2. The lowest BCUT2D eigenvalue weighted by molar-refractivity contribution is -0.137. The lowest BCUT2D eigenvalue weighted by Gasteiger charge is -2.10. The molecule has 0 aliphatic heterocycles. The summed E-state index contributed by atoms with van der Waals surface area (Å²) in [6, 6.07) is 12.1. The fraction of sp³-hybridized carbons (Fsp3) is 0.0800. The van der Waals surface area contributed by atoms with Crippen molar-refractivity contribution in [2.24, 2.45) is 0 Å². The van der Waals surface area contributed by atoms with Gasteiger partial charge in [0.2, 0.25) is 0 Å². The highest BCUT2D eigenvalue weighted by molar-refractivity contribution is 6.03. The van der Waals surface area contributed by atoms with Crippen molar-refractivity contribution in [3.8, 4) is 22.8 Å². The maximum absolute atomic E-state index is 14.6. The summed E-state index contributed by atoms with van der Waals surface area (Å²) < 4.78 is 58.5. The number of aromatic nitrogens is 3. The molecule has 12 heteroatoms. The molecule has 0 atom stereocenters. The Labute approximate surface area is 207 Å². The molecule has 2 aromatic carbocycles. The normalized spacial score (nSPS) is 11.1. The molecule has 188 valence electrons. The van der Waals surface area contributed by atoms with Crippen LogP contribution >= 0.6 is 0 Å². The number of alkyl halides is 3. The van der Waals surface area contributed by atoms with E-state index in [1.54, 1.807) is 0 Å². The number of carbonyl (C=O) groups excluding carboxylic acids is 2. The van der Waals surface area contributed by atoms with E-state index in [1.807, 2.05) is 0 Å². The predicted molar refractivity (Wildman–Crippen MR) is 125 cm³/mol. The molecule has 0 saturated heterocycles. The molecule has 0 spiro atoms. The fourth-order valence-corrected chi connectivity index (χ4v) is 3.18. The van der Waals surface area contributed by atoms with Crippen LogP contribution in [0.25, 0.3) is 11.3 Å². The smallest absolute Gasteiger partial charge is 0.416 e. The number of amides is 2. The molecule has 0 unspecified atom stereocenters. The van der Waals surface area contributed by atoms with Crippen molar-refractivity contribution >= 4 is 17.5 Å². The summed E-state index contributed by atoms with van der Waals surface area (Å²) >= 11 is 0. The summed E-state index contributed by atoms with van der Waals surface area (Å²) in [5, 5.41) is 4.91. The van der Waals surface area contributed by atoms with E-state index in [0.29, 0.717) is 5.56 Å². The van der Waals surface area contributed by atoms with Gasteiger partial charge in [-0.25, -0.2) is 14.4 Å². The number of nitrogens with one attached hydrogen (secondary N) is 2. The van der Waals surface area contributed by atoms with Crippen molar-refractivity contribution in [1.82, 2.24) is 20.3 Å². The number of rotatable bonds is 6. The van der Waals surface area contributed by atoms with E-state index < -0.39 is 29.4 Å². The highest BCUT2D eigenvalue weighted by Crippen LogP contribution is 2.31.